The monoisotopic (exact) mass is 437 g/mol. The van der Waals surface area contributed by atoms with Crippen molar-refractivity contribution in [2.45, 2.75) is 57.6 Å². The Morgan fingerprint density at radius 1 is 1.00 bits per heavy atom. The molecule has 0 saturated carbocycles. The average molecular weight is 438 g/mol. The summed E-state index contributed by atoms with van der Waals surface area (Å²) in [6.07, 6.45) is 8.17. The van der Waals surface area contributed by atoms with Crippen molar-refractivity contribution in [1.82, 2.24) is 5.32 Å². The normalized spacial score (nSPS) is 17.4. The number of ether oxygens (including phenoxy) is 1. The number of nitrogens with one attached hydrogen (secondary N) is 1. The Kier molecular flexibility index (Phi) is 9.16. The van der Waals surface area contributed by atoms with Gasteiger partial charge in [0.1, 0.15) is 5.75 Å². The molecule has 0 bridgehead atoms. The van der Waals surface area contributed by atoms with Gasteiger partial charge in [0.2, 0.25) is 5.91 Å². The van der Waals surface area contributed by atoms with Gasteiger partial charge >= 0.3 is 0 Å². The first-order valence-corrected chi connectivity index (χ1v) is 11.9. The molecule has 0 spiro atoms. The van der Waals surface area contributed by atoms with Crippen LogP contribution >= 0.6 is 11.8 Å². The molecule has 2 aromatic carbocycles. The summed E-state index contributed by atoms with van der Waals surface area (Å²) in [5, 5.41) is 11.5. The van der Waals surface area contributed by atoms with Crippen LogP contribution in [0.2, 0.25) is 0 Å². The fourth-order valence-corrected chi connectivity index (χ4v) is 4.19. The summed E-state index contributed by atoms with van der Waals surface area (Å²) < 4.78 is 5.76. The van der Waals surface area contributed by atoms with Gasteiger partial charge in [-0.15, -0.1) is 5.10 Å². The molecular formula is C25H31N3O2S. The number of nitrogens with zero attached hydrogens (tertiary/aromatic N) is 2. The van der Waals surface area contributed by atoms with Crippen molar-refractivity contribution >= 4 is 29.1 Å². The Labute approximate surface area is 189 Å². The molecule has 0 radical (unpaired) electrons. The number of benzene rings is 2. The lowest BCUT2D eigenvalue weighted by Gasteiger charge is -2.06. The largest absolute Gasteiger partial charge is 0.494 e. The summed E-state index contributed by atoms with van der Waals surface area (Å²) in [6, 6.07) is 16.2. The number of unbranched alkanes of at least 4 members (excludes halogenated alkanes) is 3. The molecule has 0 aromatic heterocycles. The number of carbonyl (C=O) groups is 1. The molecule has 5 nitrogen and oxygen atoms in total. The number of amidine groups is 1. The van der Waals surface area contributed by atoms with E-state index in [1.807, 2.05) is 24.3 Å². The minimum Gasteiger partial charge on any atom is -0.494 e. The van der Waals surface area contributed by atoms with E-state index >= 15 is 0 Å². The van der Waals surface area contributed by atoms with Crippen LogP contribution in [0.1, 0.15) is 56.2 Å². The quantitative estimate of drug-likeness (QED) is 0.292. The van der Waals surface area contributed by atoms with Crippen LogP contribution in [0.5, 0.6) is 5.75 Å². The molecule has 1 aliphatic heterocycles. The van der Waals surface area contributed by atoms with Crippen LogP contribution in [0, 0.1) is 0 Å². The van der Waals surface area contributed by atoms with Crippen molar-refractivity contribution in [2.24, 2.45) is 10.2 Å². The zero-order valence-electron chi connectivity index (χ0n) is 18.3. The number of hydrogen-bond donors (Lipinski definition) is 1. The number of hydrogen-bond acceptors (Lipinski definition) is 5. The van der Waals surface area contributed by atoms with E-state index in [1.165, 1.54) is 36.6 Å². The molecule has 1 unspecified atom stereocenters. The molecule has 1 saturated heterocycles. The SMILES string of the molecule is CCCCCCOc1ccc(/C=N/N=C2\NC(=O)C(Cc3ccc(CC)cc3)S2)cc1. The molecule has 1 atom stereocenters. The third-order valence-corrected chi connectivity index (χ3v) is 6.20. The zero-order valence-corrected chi connectivity index (χ0v) is 19.2. The Balaban J connectivity index is 1.47. The van der Waals surface area contributed by atoms with Gasteiger partial charge in [-0.1, -0.05) is 69.1 Å². The van der Waals surface area contributed by atoms with Crippen molar-refractivity contribution in [3.63, 3.8) is 0 Å². The number of rotatable bonds is 11. The third kappa shape index (κ3) is 7.55. The van der Waals surface area contributed by atoms with E-state index in [9.17, 15) is 4.79 Å². The van der Waals surface area contributed by atoms with E-state index in [-0.39, 0.29) is 11.2 Å². The van der Waals surface area contributed by atoms with Gasteiger partial charge in [0.05, 0.1) is 18.1 Å². The van der Waals surface area contributed by atoms with Gasteiger partial charge < -0.3 is 10.1 Å². The van der Waals surface area contributed by atoms with Gasteiger partial charge in [-0.25, -0.2) is 0 Å². The highest BCUT2D eigenvalue weighted by Crippen LogP contribution is 2.23. The highest BCUT2D eigenvalue weighted by atomic mass is 32.2. The first-order chi connectivity index (χ1) is 15.2. The highest BCUT2D eigenvalue weighted by Gasteiger charge is 2.30. The molecule has 0 aliphatic carbocycles. The lowest BCUT2D eigenvalue weighted by molar-refractivity contribution is -0.118. The minimum absolute atomic E-state index is 0.0149. The summed E-state index contributed by atoms with van der Waals surface area (Å²) in [4.78, 5) is 12.2. The number of thioether (sulfide) groups is 1. The summed E-state index contributed by atoms with van der Waals surface area (Å²) >= 11 is 1.43. The van der Waals surface area contributed by atoms with E-state index in [0.717, 1.165) is 36.3 Å². The Hall–Kier alpha value is -2.60. The maximum atomic E-state index is 12.2. The molecule has 164 valence electrons. The lowest BCUT2D eigenvalue weighted by Crippen LogP contribution is -2.25. The van der Waals surface area contributed by atoms with Crippen LogP contribution in [-0.4, -0.2) is 29.1 Å². The van der Waals surface area contributed by atoms with Gasteiger partial charge in [0, 0.05) is 0 Å². The van der Waals surface area contributed by atoms with Gasteiger partial charge in [-0.3, -0.25) is 4.79 Å². The highest BCUT2D eigenvalue weighted by molar-refractivity contribution is 8.15. The topological polar surface area (TPSA) is 63.1 Å². The summed E-state index contributed by atoms with van der Waals surface area (Å²) in [5.74, 6) is 0.854. The van der Waals surface area contributed by atoms with E-state index in [0.29, 0.717) is 11.6 Å². The Morgan fingerprint density at radius 2 is 1.74 bits per heavy atom. The van der Waals surface area contributed by atoms with E-state index in [2.05, 4.69) is 53.6 Å². The van der Waals surface area contributed by atoms with Gasteiger partial charge in [0.25, 0.3) is 0 Å². The van der Waals surface area contributed by atoms with E-state index in [4.69, 9.17) is 4.74 Å². The van der Waals surface area contributed by atoms with Crippen LogP contribution in [0.25, 0.3) is 0 Å². The summed E-state index contributed by atoms with van der Waals surface area (Å²) in [5.41, 5.74) is 3.39. The van der Waals surface area contributed by atoms with Gasteiger partial charge in [-0.05, 0) is 60.2 Å². The number of aryl methyl sites for hydroxylation is 1. The van der Waals surface area contributed by atoms with Crippen LogP contribution in [0.3, 0.4) is 0 Å². The lowest BCUT2D eigenvalue weighted by atomic mass is 10.1. The van der Waals surface area contributed by atoms with Gasteiger partial charge in [-0.2, -0.15) is 5.10 Å². The maximum absolute atomic E-state index is 12.2. The average Bonchev–Trinajstić information content (AvgIpc) is 3.14. The van der Waals surface area contributed by atoms with Crippen molar-refractivity contribution < 1.29 is 9.53 Å². The molecule has 6 heteroatoms. The number of amides is 1. The second-order valence-corrected chi connectivity index (χ2v) is 8.79. The first kappa shape index (κ1) is 23.1. The van der Waals surface area contributed by atoms with E-state index < -0.39 is 0 Å². The molecule has 1 fully saturated rings. The Bertz CT molecular complexity index is 892. The fourth-order valence-electron chi connectivity index (χ4n) is 3.23. The molecule has 1 amide bonds. The first-order valence-electron chi connectivity index (χ1n) is 11.1. The molecule has 31 heavy (non-hydrogen) atoms. The van der Waals surface area contributed by atoms with Crippen LogP contribution < -0.4 is 10.1 Å². The third-order valence-electron chi connectivity index (χ3n) is 5.13. The smallest absolute Gasteiger partial charge is 0.239 e. The molecular weight excluding hydrogens is 406 g/mol. The second kappa shape index (κ2) is 12.3. The maximum Gasteiger partial charge on any atom is 0.239 e. The predicted octanol–water partition coefficient (Wildman–Crippen LogP) is 5.37. The van der Waals surface area contributed by atoms with Gasteiger partial charge in [0.15, 0.2) is 5.17 Å². The minimum atomic E-state index is -0.171. The summed E-state index contributed by atoms with van der Waals surface area (Å²) in [7, 11) is 0. The second-order valence-electron chi connectivity index (χ2n) is 7.60. The van der Waals surface area contributed by atoms with Crippen LogP contribution in [0.4, 0.5) is 0 Å². The van der Waals surface area contributed by atoms with Crippen molar-refractivity contribution in [3.8, 4) is 5.75 Å². The number of carbonyl (C=O) groups excluding carboxylic acids is 1. The predicted molar refractivity (Wildman–Crippen MR) is 130 cm³/mol. The fraction of sp³-hybridized carbons (Fsp3) is 0.400. The molecule has 2 aromatic rings. The van der Waals surface area contributed by atoms with Crippen molar-refractivity contribution in [1.29, 1.82) is 0 Å². The van der Waals surface area contributed by atoms with Crippen molar-refractivity contribution in [3.05, 3.63) is 65.2 Å². The standard InChI is InChI=1S/C25H31N3O2S/c1-3-5-6-7-16-30-22-14-12-21(13-15-22)18-26-28-25-27-24(29)23(31-25)17-20-10-8-19(4-2)9-11-20/h8-15,18,23H,3-7,16-17H2,1-2H3,(H,27,28,29)/b26-18+. The Morgan fingerprint density at radius 3 is 2.45 bits per heavy atom. The van der Waals surface area contributed by atoms with E-state index in [1.54, 1.807) is 6.21 Å². The summed E-state index contributed by atoms with van der Waals surface area (Å²) in [6.45, 7) is 5.09. The molecule has 3 rings (SSSR count). The van der Waals surface area contributed by atoms with Crippen LogP contribution in [-0.2, 0) is 17.6 Å². The molecule has 1 heterocycles. The zero-order chi connectivity index (χ0) is 21.9. The molecule has 1 N–H and O–H groups in total. The molecule has 1 aliphatic rings. The van der Waals surface area contributed by atoms with Crippen molar-refractivity contribution in [2.75, 3.05) is 6.61 Å². The van der Waals surface area contributed by atoms with Crippen LogP contribution in [0.15, 0.2) is 58.7 Å².